The molecule has 1 radical (unpaired) electrons. The van der Waals surface area contributed by atoms with Crippen LogP contribution >= 0.6 is 0 Å². The van der Waals surface area contributed by atoms with E-state index < -0.39 is 0 Å². The third-order valence-corrected chi connectivity index (χ3v) is 1.30. The highest BCUT2D eigenvalue weighted by molar-refractivity contribution is 5.67. The molecule has 0 saturated carbocycles. The van der Waals surface area contributed by atoms with Crippen LogP contribution in [0.3, 0.4) is 0 Å². The molecule has 0 spiro atoms. The van der Waals surface area contributed by atoms with Crippen LogP contribution in [0, 0.1) is 6.20 Å². The van der Waals surface area contributed by atoms with E-state index in [2.05, 4.69) is 21.1 Å². The zero-order chi connectivity index (χ0) is 7.68. The molecule has 0 aliphatic rings. The van der Waals surface area contributed by atoms with Gasteiger partial charge in [-0.25, -0.2) is 9.97 Å². The van der Waals surface area contributed by atoms with Gasteiger partial charge in [0.05, 0.1) is 5.52 Å². The van der Waals surface area contributed by atoms with E-state index in [1.807, 2.05) is 0 Å². The molecule has 0 aliphatic carbocycles. The van der Waals surface area contributed by atoms with Crippen LogP contribution in [0.1, 0.15) is 0 Å². The van der Waals surface area contributed by atoms with E-state index >= 15 is 0 Å². The van der Waals surface area contributed by atoms with Gasteiger partial charge in [0.2, 0.25) is 0 Å². The molecule has 0 aromatic carbocycles. The molecule has 4 heteroatoms. The van der Waals surface area contributed by atoms with Crippen molar-refractivity contribution < 1.29 is 0 Å². The van der Waals surface area contributed by atoms with Crippen LogP contribution in [0.25, 0.3) is 11.2 Å². The molecule has 0 fully saturated rings. The first-order valence-electron chi connectivity index (χ1n) is 3.09. The maximum absolute atomic E-state index is 10.7. The van der Waals surface area contributed by atoms with Crippen molar-refractivity contribution in [1.29, 1.82) is 0 Å². The van der Waals surface area contributed by atoms with Crippen LogP contribution in [0.4, 0.5) is 0 Å². The van der Waals surface area contributed by atoms with Gasteiger partial charge in [-0.2, -0.15) is 0 Å². The minimum absolute atomic E-state index is 0.328. The summed E-state index contributed by atoms with van der Waals surface area (Å²) in [7, 11) is 0. The molecular formula is C7H4N3O. The number of rotatable bonds is 0. The summed E-state index contributed by atoms with van der Waals surface area (Å²) >= 11 is 0. The van der Waals surface area contributed by atoms with Crippen LogP contribution in [-0.4, -0.2) is 15.0 Å². The highest BCUT2D eigenvalue weighted by Crippen LogP contribution is 1.98. The van der Waals surface area contributed by atoms with Gasteiger partial charge in [-0.1, -0.05) is 0 Å². The van der Waals surface area contributed by atoms with Crippen LogP contribution in [-0.2, 0) is 0 Å². The second-order valence-corrected chi connectivity index (χ2v) is 2.05. The number of fused-ring (bicyclic) bond motifs is 1. The molecule has 2 heterocycles. The van der Waals surface area contributed by atoms with Gasteiger partial charge in [0.25, 0.3) is 5.56 Å². The van der Waals surface area contributed by atoms with Crippen molar-refractivity contribution in [3.63, 3.8) is 0 Å². The smallest absolute Gasteiger partial charge is 0.276 e. The van der Waals surface area contributed by atoms with Crippen LogP contribution in [0.2, 0.25) is 0 Å². The lowest BCUT2D eigenvalue weighted by Crippen LogP contribution is -2.05. The van der Waals surface area contributed by atoms with Gasteiger partial charge in [-0.3, -0.25) is 4.79 Å². The number of nitrogens with one attached hydrogen (secondary N) is 1. The Kier molecular flexibility index (Phi) is 1.18. The summed E-state index contributed by atoms with van der Waals surface area (Å²) in [5, 5.41) is 0. The van der Waals surface area contributed by atoms with Crippen LogP contribution in [0.5, 0.6) is 0 Å². The largest absolute Gasteiger partial charge is 0.317 e. The third-order valence-electron chi connectivity index (χ3n) is 1.30. The SMILES string of the molecule is O=c1[c]nc2ncccc2[nH]1. The van der Waals surface area contributed by atoms with Gasteiger partial charge >= 0.3 is 0 Å². The molecule has 11 heavy (non-hydrogen) atoms. The molecule has 0 aliphatic heterocycles. The highest BCUT2D eigenvalue weighted by Gasteiger charge is 1.93. The molecule has 4 nitrogen and oxygen atoms in total. The minimum Gasteiger partial charge on any atom is -0.317 e. The molecule has 0 unspecified atom stereocenters. The molecule has 0 atom stereocenters. The Balaban J connectivity index is 2.94. The molecule has 53 valence electrons. The Hall–Kier alpha value is -1.71. The van der Waals surface area contributed by atoms with Crippen molar-refractivity contribution in [3.8, 4) is 0 Å². The van der Waals surface area contributed by atoms with E-state index in [1.165, 1.54) is 0 Å². The first kappa shape index (κ1) is 6.03. The van der Waals surface area contributed by atoms with Gasteiger partial charge in [0, 0.05) is 6.20 Å². The van der Waals surface area contributed by atoms with Crippen LogP contribution in [0.15, 0.2) is 23.1 Å². The van der Waals surface area contributed by atoms with Crippen molar-refractivity contribution in [2.75, 3.05) is 0 Å². The quantitative estimate of drug-likeness (QED) is 0.574. The number of pyridine rings is 1. The highest BCUT2D eigenvalue weighted by atomic mass is 16.1. The lowest BCUT2D eigenvalue weighted by atomic mass is 10.4. The fourth-order valence-corrected chi connectivity index (χ4v) is 0.838. The lowest BCUT2D eigenvalue weighted by Gasteiger charge is -1.90. The molecule has 0 amide bonds. The van der Waals surface area contributed by atoms with E-state index in [4.69, 9.17) is 0 Å². The number of hydrogen-bond acceptors (Lipinski definition) is 3. The summed E-state index contributed by atoms with van der Waals surface area (Å²) in [6.45, 7) is 0. The van der Waals surface area contributed by atoms with E-state index in [0.29, 0.717) is 11.2 Å². The van der Waals surface area contributed by atoms with Gasteiger partial charge < -0.3 is 4.98 Å². The van der Waals surface area contributed by atoms with E-state index in [1.54, 1.807) is 18.3 Å². The number of nitrogens with zero attached hydrogens (tertiary/aromatic N) is 2. The lowest BCUT2D eigenvalue weighted by molar-refractivity contribution is 1.16. The number of hydrogen-bond donors (Lipinski definition) is 1. The normalized spacial score (nSPS) is 10.2. The summed E-state index contributed by atoms with van der Waals surface area (Å²) in [5.74, 6) is 0. The van der Waals surface area contributed by atoms with E-state index in [-0.39, 0.29) is 5.56 Å². The van der Waals surface area contributed by atoms with Crippen molar-refractivity contribution >= 4 is 11.2 Å². The maximum Gasteiger partial charge on any atom is 0.276 e. The Labute approximate surface area is 61.9 Å². The summed E-state index contributed by atoms with van der Waals surface area (Å²) in [5.41, 5.74) is 0.814. The maximum atomic E-state index is 10.7. The standard InChI is InChI=1S/C7H4N3O/c11-6-4-9-7-5(10-6)2-1-3-8-7/h1-3H,(H,10,11). The van der Waals surface area contributed by atoms with Crippen molar-refractivity contribution in [2.24, 2.45) is 0 Å². The molecule has 2 aromatic heterocycles. The van der Waals surface area contributed by atoms with Crippen LogP contribution < -0.4 is 5.56 Å². The van der Waals surface area contributed by atoms with Crippen molar-refractivity contribution in [1.82, 2.24) is 15.0 Å². The molecule has 0 bridgehead atoms. The second-order valence-electron chi connectivity index (χ2n) is 2.05. The molecular weight excluding hydrogens is 142 g/mol. The number of aromatic amines is 1. The molecule has 2 rings (SSSR count). The van der Waals surface area contributed by atoms with Gasteiger partial charge in [0.1, 0.15) is 0 Å². The fraction of sp³-hybridized carbons (Fsp3) is 0. The zero-order valence-corrected chi connectivity index (χ0v) is 5.53. The first-order valence-corrected chi connectivity index (χ1v) is 3.09. The average Bonchev–Trinajstić information content (AvgIpc) is 2.04. The molecule has 2 aromatic rings. The van der Waals surface area contributed by atoms with Gasteiger partial charge in [-0.15, -0.1) is 0 Å². The minimum atomic E-state index is -0.328. The van der Waals surface area contributed by atoms with Gasteiger partial charge in [-0.05, 0) is 12.1 Å². The van der Waals surface area contributed by atoms with Crippen molar-refractivity contribution in [3.05, 3.63) is 34.9 Å². The Morgan fingerprint density at radius 3 is 3.36 bits per heavy atom. The predicted octanol–water partition coefficient (Wildman–Crippen LogP) is 0.118. The summed E-state index contributed by atoms with van der Waals surface area (Å²) in [6.07, 6.45) is 3.86. The first-order chi connectivity index (χ1) is 5.36. The molecule has 0 saturated heterocycles. The van der Waals surface area contributed by atoms with E-state index in [0.717, 1.165) is 0 Å². The Bertz CT molecular complexity index is 435. The van der Waals surface area contributed by atoms with Gasteiger partial charge in [0.15, 0.2) is 11.8 Å². The number of H-pyrrole nitrogens is 1. The zero-order valence-electron chi connectivity index (χ0n) is 5.53. The summed E-state index contributed by atoms with van der Waals surface area (Å²) in [4.78, 5) is 20.8. The average molecular weight is 146 g/mol. The second kappa shape index (κ2) is 2.16. The third kappa shape index (κ3) is 0.980. The molecule has 1 N–H and O–H groups in total. The summed E-state index contributed by atoms with van der Waals surface area (Å²) in [6, 6.07) is 3.48. The number of aromatic nitrogens is 3. The summed E-state index contributed by atoms with van der Waals surface area (Å²) < 4.78 is 0. The Morgan fingerprint density at radius 1 is 1.55 bits per heavy atom. The van der Waals surface area contributed by atoms with Crippen molar-refractivity contribution in [2.45, 2.75) is 0 Å². The Morgan fingerprint density at radius 2 is 2.45 bits per heavy atom. The predicted molar refractivity (Wildman–Crippen MR) is 39.0 cm³/mol. The monoisotopic (exact) mass is 146 g/mol. The van der Waals surface area contributed by atoms with E-state index in [9.17, 15) is 4.79 Å². The fourth-order valence-electron chi connectivity index (χ4n) is 0.838. The topological polar surface area (TPSA) is 58.6 Å².